The van der Waals surface area contributed by atoms with Gasteiger partial charge in [0.25, 0.3) is 0 Å². The number of hydrogen-bond acceptors (Lipinski definition) is 3. The van der Waals surface area contributed by atoms with Crippen LogP contribution in [0.4, 0.5) is 5.69 Å². The Morgan fingerprint density at radius 2 is 1.96 bits per heavy atom. The maximum atomic E-state index is 13.3. The summed E-state index contributed by atoms with van der Waals surface area (Å²) in [5, 5.41) is 5.55. The quantitative estimate of drug-likeness (QED) is 0.650. The van der Waals surface area contributed by atoms with Gasteiger partial charge in [-0.1, -0.05) is 43.0 Å². The number of thiophene rings is 1. The lowest BCUT2D eigenvalue weighted by Gasteiger charge is -2.32. The summed E-state index contributed by atoms with van der Waals surface area (Å²) in [5.74, 6) is -0.732. The minimum Gasteiger partial charge on any atom is -0.351 e. The van der Waals surface area contributed by atoms with Crippen LogP contribution in [0.1, 0.15) is 43.0 Å². The van der Waals surface area contributed by atoms with Crippen molar-refractivity contribution in [2.24, 2.45) is 0 Å². The summed E-state index contributed by atoms with van der Waals surface area (Å²) < 4.78 is 0. The van der Waals surface area contributed by atoms with Crippen molar-refractivity contribution < 1.29 is 9.59 Å². The average molecular weight is 425 g/mol. The van der Waals surface area contributed by atoms with Crippen LogP contribution in [0.2, 0.25) is 5.02 Å². The van der Waals surface area contributed by atoms with Crippen LogP contribution < -0.4 is 10.2 Å². The van der Waals surface area contributed by atoms with Crippen molar-refractivity contribution in [2.75, 3.05) is 10.8 Å². The summed E-state index contributed by atoms with van der Waals surface area (Å²) in [6, 6.07) is 10.1. The van der Waals surface area contributed by atoms with E-state index in [0.29, 0.717) is 10.7 Å². The molecule has 1 aromatic heterocycles. The second-order valence-electron chi connectivity index (χ2n) is 6.64. The lowest BCUT2D eigenvalue weighted by molar-refractivity contribution is -0.126. The lowest BCUT2D eigenvalue weighted by atomic mass is 9.95. The van der Waals surface area contributed by atoms with Crippen LogP contribution in [-0.4, -0.2) is 23.7 Å². The summed E-state index contributed by atoms with van der Waals surface area (Å²) in [6.45, 7) is 0. The number of alkyl halides is 1. The summed E-state index contributed by atoms with van der Waals surface area (Å²) in [4.78, 5) is 28.2. The first-order valence-corrected chi connectivity index (χ1v) is 10.9. The van der Waals surface area contributed by atoms with E-state index in [1.54, 1.807) is 24.3 Å². The molecule has 1 fully saturated rings. The highest BCUT2D eigenvalue weighted by Gasteiger charge is 2.34. The first kappa shape index (κ1) is 20.2. The smallest absolute Gasteiger partial charge is 0.248 e. The summed E-state index contributed by atoms with van der Waals surface area (Å²) in [6.07, 6.45) is 5.40. The Kier molecular flexibility index (Phi) is 7.16. The number of rotatable bonds is 6. The van der Waals surface area contributed by atoms with Gasteiger partial charge in [0.05, 0.1) is 0 Å². The van der Waals surface area contributed by atoms with E-state index in [-0.39, 0.29) is 23.7 Å². The number of carbonyl (C=O) groups excluding carboxylic acids is 2. The van der Waals surface area contributed by atoms with E-state index in [1.807, 2.05) is 17.5 Å². The summed E-state index contributed by atoms with van der Waals surface area (Å²) in [7, 11) is 0. The number of nitrogens with zero attached hydrogens (tertiary/aromatic N) is 1. The van der Waals surface area contributed by atoms with E-state index in [9.17, 15) is 9.59 Å². The van der Waals surface area contributed by atoms with Crippen molar-refractivity contribution in [3.8, 4) is 0 Å². The van der Waals surface area contributed by atoms with Crippen LogP contribution in [0.25, 0.3) is 0 Å². The molecule has 4 nitrogen and oxygen atoms in total. The zero-order chi connectivity index (χ0) is 19.2. The molecule has 1 saturated carbocycles. The Morgan fingerprint density at radius 3 is 2.59 bits per heavy atom. The summed E-state index contributed by atoms with van der Waals surface area (Å²) >= 11 is 13.5. The van der Waals surface area contributed by atoms with Crippen molar-refractivity contribution in [2.45, 2.75) is 44.2 Å². The number of nitrogens with one attached hydrogen (secondary N) is 1. The summed E-state index contributed by atoms with van der Waals surface area (Å²) in [5.41, 5.74) is 0.561. The molecule has 0 unspecified atom stereocenters. The van der Waals surface area contributed by atoms with Gasteiger partial charge in [0.15, 0.2) is 0 Å². The van der Waals surface area contributed by atoms with Crippen molar-refractivity contribution in [1.82, 2.24) is 5.32 Å². The molecule has 144 valence electrons. The SMILES string of the molecule is O=C(NC1CCCCC1)[C@H](c1cccs1)N(C(=O)CCl)c1cccc(Cl)c1. The van der Waals surface area contributed by atoms with E-state index in [2.05, 4.69) is 5.32 Å². The maximum absolute atomic E-state index is 13.3. The van der Waals surface area contributed by atoms with Gasteiger partial charge in [-0.2, -0.15) is 0 Å². The second kappa shape index (κ2) is 9.58. The van der Waals surface area contributed by atoms with Crippen molar-refractivity contribution in [3.63, 3.8) is 0 Å². The van der Waals surface area contributed by atoms with Gasteiger partial charge in [0.1, 0.15) is 11.9 Å². The number of hydrogen-bond donors (Lipinski definition) is 1. The average Bonchev–Trinajstić information content (AvgIpc) is 3.20. The molecule has 0 saturated heterocycles. The van der Waals surface area contributed by atoms with Crippen molar-refractivity contribution in [3.05, 3.63) is 51.7 Å². The fourth-order valence-electron chi connectivity index (χ4n) is 3.48. The molecule has 1 aromatic carbocycles. The van der Waals surface area contributed by atoms with E-state index < -0.39 is 6.04 Å². The normalized spacial score (nSPS) is 15.9. The monoisotopic (exact) mass is 424 g/mol. The molecule has 1 aliphatic carbocycles. The van der Waals surface area contributed by atoms with Gasteiger partial charge in [-0.3, -0.25) is 14.5 Å². The minimum absolute atomic E-state index is 0.154. The first-order chi connectivity index (χ1) is 13.1. The zero-order valence-corrected chi connectivity index (χ0v) is 17.2. The third-order valence-electron chi connectivity index (χ3n) is 4.74. The second-order valence-corrected chi connectivity index (χ2v) is 8.32. The van der Waals surface area contributed by atoms with Crippen LogP contribution in [0.15, 0.2) is 41.8 Å². The molecule has 0 radical (unpaired) electrons. The van der Waals surface area contributed by atoms with E-state index in [1.165, 1.54) is 22.7 Å². The van der Waals surface area contributed by atoms with Crippen LogP contribution in [-0.2, 0) is 9.59 Å². The molecule has 1 atom stereocenters. The van der Waals surface area contributed by atoms with Gasteiger partial charge in [0.2, 0.25) is 11.8 Å². The molecule has 7 heteroatoms. The molecular weight excluding hydrogens is 403 g/mol. The van der Waals surface area contributed by atoms with E-state index in [4.69, 9.17) is 23.2 Å². The standard InChI is InChI=1S/C20H22Cl2N2O2S/c21-13-18(25)24(16-9-4-6-14(22)12-16)19(17-10-5-11-27-17)20(26)23-15-7-2-1-3-8-15/h4-6,9-12,15,19H,1-3,7-8,13H2,(H,23,26)/t19-/m0/s1. The van der Waals surface area contributed by atoms with Gasteiger partial charge < -0.3 is 5.32 Å². The highest BCUT2D eigenvalue weighted by atomic mass is 35.5. The molecule has 1 N–H and O–H groups in total. The third-order valence-corrected chi connectivity index (χ3v) is 6.13. The molecular formula is C20H22Cl2N2O2S. The Balaban J connectivity index is 1.96. The molecule has 2 aromatic rings. The Morgan fingerprint density at radius 1 is 1.19 bits per heavy atom. The van der Waals surface area contributed by atoms with Gasteiger partial charge in [-0.25, -0.2) is 0 Å². The number of carbonyl (C=O) groups is 2. The van der Waals surface area contributed by atoms with Gasteiger partial charge >= 0.3 is 0 Å². The first-order valence-electron chi connectivity index (χ1n) is 9.07. The molecule has 3 rings (SSSR count). The molecule has 27 heavy (non-hydrogen) atoms. The molecule has 1 aliphatic rings. The fraction of sp³-hybridized carbons (Fsp3) is 0.400. The lowest BCUT2D eigenvalue weighted by Crippen LogP contribution is -2.47. The molecule has 1 heterocycles. The predicted octanol–water partition coefficient (Wildman–Crippen LogP) is 5.16. The number of anilines is 1. The zero-order valence-electron chi connectivity index (χ0n) is 14.9. The molecule has 0 spiro atoms. The topological polar surface area (TPSA) is 49.4 Å². The molecule has 0 bridgehead atoms. The Hall–Kier alpha value is -1.56. The largest absolute Gasteiger partial charge is 0.351 e. The van der Waals surface area contributed by atoms with Gasteiger partial charge in [-0.15, -0.1) is 22.9 Å². The third kappa shape index (κ3) is 5.03. The predicted molar refractivity (Wildman–Crippen MR) is 112 cm³/mol. The Labute approximate surface area is 173 Å². The van der Waals surface area contributed by atoms with Gasteiger partial charge in [-0.05, 0) is 42.5 Å². The van der Waals surface area contributed by atoms with E-state index >= 15 is 0 Å². The molecule has 0 aliphatic heterocycles. The minimum atomic E-state index is -0.767. The number of benzene rings is 1. The van der Waals surface area contributed by atoms with E-state index in [0.717, 1.165) is 30.6 Å². The number of amides is 2. The highest BCUT2D eigenvalue weighted by molar-refractivity contribution is 7.10. The van der Waals surface area contributed by atoms with Crippen LogP contribution in [0, 0.1) is 0 Å². The maximum Gasteiger partial charge on any atom is 0.248 e. The van der Waals surface area contributed by atoms with Crippen molar-refractivity contribution >= 4 is 52.0 Å². The van der Waals surface area contributed by atoms with Crippen LogP contribution in [0.3, 0.4) is 0 Å². The van der Waals surface area contributed by atoms with Crippen molar-refractivity contribution in [1.29, 1.82) is 0 Å². The van der Waals surface area contributed by atoms with Crippen LogP contribution in [0.5, 0.6) is 0 Å². The fourth-order valence-corrected chi connectivity index (χ4v) is 4.60. The number of halogens is 2. The van der Waals surface area contributed by atoms with Gasteiger partial charge in [0, 0.05) is 21.6 Å². The van der Waals surface area contributed by atoms with Crippen LogP contribution >= 0.6 is 34.5 Å². The highest BCUT2D eigenvalue weighted by Crippen LogP contribution is 2.32. The molecule has 2 amide bonds. The Bertz CT molecular complexity index is 776.